The third-order valence-corrected chi connectivity index (χ3v) is 5.01. The second-order valence-electron chi connectivity index (χ2n) is 6.19. The molecule has 5 nitrogen and oxygen atoms in total. The molecule has 0 heterocycles. The molecule has 2 aromatic carbocycles. The van der Waals surface area contributed by atoms with Crippen molar-refractivity contribution >= 4 is 21.6 Å². The van der Waals surface area contributed by atoms with Crippen molar-refractivity contribution in [3.8, 4) is 0 Å². The lowest BCUT2D eigenvalue weighted by atomic mass is 10.1. The summed E-state index contributed by atoms with van der Waals surface area (Å²) >= 11 is 0. The van der Waals surface area contributed by atoms with Crippen molar-refractivity contribution in [2.75, 3.05) is 23.7 Å². The van der Waals surface area contributed by atoms with Gasteiger partial charge in [0.15, 0.2) is 0 Å². The van der Waals surface area contributed by atoms with Crippen LogP contribution >= 0.6 is 0 Å². The molecule has 0 unspecified atom stereocenters. The van der Waals surface area contributed by atoms with Gasteiger partial charge in [-0.1, -0.05) is 42.0 Å². The van der Waals surface area contributed by atoms with Gasteiger partial charge in [0.25, 0.3) is 0 Å². The van der Waals surface area contributed by atoms with Gasteiger partial charge < -0.3 is 5.32 Å². The maximum atomic E-state index is 12.1. The Labute approximate surface area is 149 Å². The zero-order valence-electron chi connectivity index (χ0n) is 14.8. The minimum Gasteiger partial charge on any atom is -0.354 e. The quantitative estimate of drug-likeness (QED) is 0.825. The number of aryl methyl sites for hydroxylation is 2. The summed E-state index contributed by atoms with van der Waals surface area (Å²) in [7, 11) is -3.41. The van der Waals surface area contributed by atoms with Crippen LogP contribution in [0, 0.1) is 13.8 Å². The van der Waals surface area contributed by atoms with Gasteiger partial charge in [0.05, 0.1) is 24.9 Å². The van der Waals surface area contributed by atoms with Crippen LogP contribution in [-0.4, -0.2) is 33.7 Å². The molecule has 1 amide bonds. The highest BCUT2D eigenvalue weighted by molar-refractivity contribution is 7.92. The van der Waals surface area contributed by atoms with Gasteiger partial charge in [-0.15, -0.1) is 0 Å². The van der Waals surface area contributed by atoms with Crippen molar-refractivity contribution in [2.24, 2.45) is 0 Å². The molecule has 6 heteroatoms. The standard InChI is InChI=1S/C19H24N2O3S/c1-15-7-9-17(10-8-15)14-19(22)20-11-12-21(25(3,23)24)18-6-4-5-16(2)13-18/h4-10,13H,11-12,14H2,1-3H3,(H,20,22). The molecule has 0 atom stereocenters. The molecule has 0 fully saturated rings. The van der Waals surface area contributed by atoms with Gasteiger partial charge in [0.1, 0.15) is 0 Å². The van der Waals surface area contributed by atoms with Gasteiger partial charge in [-0.3, -0.25) is 9.10 Å². The number of hydrogen-bond acceptors (Lipinski definition) is 3. The van der Waals surface area contributed by atoms with Gasteiger partial charge in [-0.25, -0.2) is 8.42 Å². The minimum absolute atomic E-state index is 0.124. The van der Waals surface area contributed by atoms with E-state index in [-0.39, 0.29) is 25.4 Å². The van der Waals surface area contributed by atoms with E-state index in [2.05, 4.69) is 5.32 Å². The average molecular weight is 360 g/mol. The molecular formula is C19H24N2O3S. The van der Waals surface area contributed by atoms with Gasteiger partial charge >= 0.3 is 0 Å². The molecule has 134 valence electrons. The molecule has 0 radical (unpaired) electrons. The molecular weight excluding hydrogens is 336 g/mol. The van der Waals surface area contributed by atoms with Crippen molar-refractivity contribution in [3.05, 3.63) is 65.2 Å². The van der Waals surface area contributed by atoms with Gasteiger partial charge in [0.2, 0.25) is 15.9 Å². The summed E-state index contributed by atoms with van der Waals surface area (Å²) < 4.78 is 25.4. The van der Waals surface area contributed by atoms with Crippen LogP contribution in [0.1, 0.15) is 16.7 Å². The number of sulfonamides is 1. The first-order valence-corrected chi connectivity index (χ1v) is 9.97. The van der Waals surface area contributed by atoms with E-state index in [1.165, 1.54) is 10.6 Å². The average Bonchev–Trinajstić information content (AvgIpc) is 2.52. The van der Waals surface area contributed by atoms with Crippen LogP contribution in [0.15, 0.2) is 48.5 Å². The lowest BCUT2D eigenvalue weighted by Crippen LogP contribution is -2.38. The predicted molar refractivity (Wildman–Crippen MR) is 101 cm³/mol. The first kappa shape index (κ1) is 19.0. The largest absolute Gasteiger partial charge is 0.354 e. The molecule has 25 heavy (non-hydrogen) atoms. The van der Waals surface area contributed by atoms with Crippen LogP contribution in [0.3, 0.4) is 0 Å². The number of nitrogens with zero attached hydrogens (tertiary/aromatic N) is 1. The van der Waals surface area contributed by atoms with Gasteiger partial charge in [-0.05, 0) is 37.1 Å². The Morgan fingerprint density at radius 3 is 2.32 bits per heavy atom. The summed E-state index contributed by atoms with van der Waals surface area (Å²) in [6, 6.07) is 15.1. The molecule has 0 aliphatic rings. The normalized spacial score (nSPS) is 11.2. The van der Waals surface area contributed by atoms with Crippen molar-refractivity contribution < 1.29 is 13.2 Å². The molecule has 0 saturated heterocycles. The molecule has 0 aliphatic heterocycles. The number of hydrogen-bond donors (Lipinski definition) is 1. The van der Waals surface area contributed by atoms with Gasteiger partial charge in [0, 0.05) is 6.54 Å². The van der Waals surface area contributed by atoms with E-state index in [1.54, 1.807) is 6.07 Å². The number of amides is 1. The van der Waals surface area contributed by atoms with E-state index < -0.39 is 10.0 Å². The van der Waals surface area contributed by atoms with E-state index in [1.807, 2.05) is 56.3 Å². The second-order valence-corrected chi connectivity index (χ2v) is 8.09. The Hall–Kier alpha value is -2.34. The van der Waals surface area contributed by atoms with Crippen LogP contribution in [0.5, 0.6) is 0 Å². The van der Waals surface area contributed by atoms with Crippen LogP contribution in [0.4, 0.5) is 5.69 Å². The maximum absolute atomic E-state index is 12.1. The number of carbonyl (C=O) groups excluding carboxylic acids is 1. The van der Waals surface area contributed by atoms with Crippen LogP contribution in [0.2, 0.25) is 0 Å². The summed E-state index contributed by atoms with van der Waals surface area (Å²) in [5.74, 6) is -0.124. The van der Waals surface area contributed by atoms with Gasteiger partial charge in [-0.2, -0.15) is 0 Å². The molecule has 0 aromatic heterocycles. The number of nitrogens with one attached hydrogen (secondary N) is 1. The van der Waals surface area contributed by atoms with Crippen LogP contribution < -0.4 is 9.62 Å². The van der Waals surface area contributed by atoms with E-state index >= 15 is 0 Å². The van der Waals surface area contributed by atoms with E-state index in [0.29, 0.717) is 5.69 Å². The fourth-order valence-corrected chi connectivity index (χ4v) is 3.44. The molecule has 0 aliphatic carbocycles. The third kappa shape index (κ3) is 5.90. The first-order chi connectivity index (χ1) is 11.8. The SMILES string of the molecule is Cc1ccc(CC(=O)NCCN(c2cccc(C)c2)S(C)(=O)=O)cc1. The lowest BCUT2D eigenvalue weighted by Gasteiger charge is -2.23. The van der Waals surface area contributed by atoms with Crippen molar-refractivity contribution in [1.82, 2.24) is 5.32 Å². The Balaban J connectivity index is 1.95. The highest BCUT2D eigenvalue weighted by atomic mass is 32.2. The topological polar surface area (TPSA) is 66.5 Å². The van der Waals surface area contributed by atoms with Crippen molar-refractivity contribution in [2.45, 2.75) is 20.3 Å². The Morgan fingerprint density at radius 1 is 1.04 bits per heavy atom. The van der Waals surface area contributed by atoms with Crippen molar-refractivity contribution in [3.63, 3.8) is 0 Å². The summed E-state index contributed by atoms with van der Waals surface area (Å²) in [5, 5.41) is 2.79. The van der Waals surface area contributed by atoms with E-state index in [4.69, 9.17) is 0 Å². The predicted octanol–water partition coefficient (Wildman–Crippen LogP) is 2.43. The fraction of sp³-hybridized carbons (Fsp3) is 0.316. The summed E-state index contributed by atoms with van der Waals surface area (Å²) in [5.41, 5.74) is 3.66. The Bertz CT molecular complexity index is 830. The summed E-state index contributed by atoms with van der Waals surface area (Å²) in [6.45, 7) is 4.36. The zero-order valence-corrected chi connectivity index (χ0v) is 15.6. The molecule has 2 aromatic rings. The summed E-state index contributed by atoms with van der Waals surface area (Å²) in [4.78, 5) is 12.0. The highest BCUT2D eigenvalue weighted by Crippen LogP contribution is 2.18. The Morgan fingerprint density at radius 2 is 1.72 bits per heavy atom. The van der Waals surface area contributed by atoms with Crippen LogP contribution in [0.25, 0.3) is 0 Å². The number of benzene rings is 2. The smallest absolute Gasteiger partial charge is 0.232 e. The van der Waals surface area contributed by atoms with E-state index in [9.17, 15) is 13.2 Å². The molecule has 2 rings (SSSR count). The monoisotopic (exact) mass is 360 g/mol. The number of carbonyl (C=O) groups is 1. The summed E-state index contributed by atoms with van der Waals surface area (Å²) in [6.07, 6.45) is 1.45. The molecule has 1 N–H and O–H groups in total. The van der Waals surface area contributed by atoms with Crippen molar-refractivity contribution in [1.29, 1.82) is 0 Å². The minimum atomic E-state index is -3.41. The third-order valence-electron chi connectivity index (χ3n) is 3.81. The lowest BCUT2D eigenvalue weighted by molar-refractivity contribution is -0.120. The fourth-order valence-electron chi connectivity index (χ4n) is 2.52. The molecule has 0 bridgehead atoms. The molecule has 0 saturated carbocycles. The van der Waals surface area contributed by atoms with Crippen LogP contribution in [-0.2, 0) is 21.2 Å². The number of anilines is 1. The van der Waals surface area contributed by atoms with E-state index in [0.717, 1.165) is 16.7 Å². The zero-order chi connectivity index (χ0) is 18.4. The first-order valence-electron chi connectivity index (χ1n) is 8.12. The second kappa shape index (κ2) is 8.16. The number of rotatable bonds is 7. The molecule has 0 spiro atoms. The Kier molecular flexibility index (Phi) is 6.20. The highest BCUT2D eigenvalue weighted by Gasteiger charge is 2.17. The maximum Gasteiger partial charge on any atom is 0.232 e.